The van der Waals surface area contributed by atoms with E-state index in [1.165, 1.54) is 6.42 Å². The molecular formula is C13H24N2O3. The summed E-state index contributed by atoms with van der Waals surface area (Å²) in [7, 11) is 0. The Hall–Kier alpha value is -1.26. The van der Waals surface area contributed by atoms with E-state index in [9.17, 15) is 9.59 Å². The molecule has 18 heavy (non-hydrogen) atoms. The summed E-state index contributed by atoms with van der Waals surface area (Å²) < 4.78 is 0. The van der Waals surface area contributed by atoms with E-state index in [-0.39, 0.29) is 25.0 Å². The number of hydrogen-bond acceptors (Lipinski definition) is 2. The van der Waals surface area contributed by atoms with Gasteiger partial charge in [-0.3, -0.25) is 4.79 Å². The number of carboxylic acid groups (broad SMARTS) is 1. The molecule has 1 unspecified atom stereocenters. The molecule has 104 valence electrons. The van der Waals surface area contributed by atoms with Crippen molar-refractivity contribution in [2.45, 2.75) is 46.1 Å². The van der Waals surface area contributed by atoms with E-state index in [1.807, 2.05) is 18.7 Å². The maximum atomic E-state index is 12.4. The van der Waals surface area contributed by atoms with Gasteiger partial charge in [-0.1, -0.05) is 6.92 Å². The summed E-state index contributed by atoms with van der Waals surface area (Å²) in [6.07, 6.45) is 2.21. The van der Waals surface area contributed by atoms with E-state index < -0.39 is 5.97 Å². The lowest BCUT2D eigenvalue weighted by atomic mass is 10.0. The van der Waals surface area contributed by atoms with Gasteiger partial charge in [0, 0.05) is 25.7 Å². The number of urea groups is 1. The maximum Gasteiger partial charge on any atom is 0.320 e. The first-order valence-corrected chi connectivity index (χ1v) is 6.69. The maximum absolute atomic E-state index is 12.4. The van der Waals surface area contributed by atoms with Gasteiger partial charge in [0.25, 0.3) is 0 Å². The van der Waals surface area contributed by atoms with E-state index in [1.54, 1.807) is 4.90 Å². The molecule has 0 saturated carbocycles. The molecule has 1 rings (SSSR count). The number of nitrogens with zero attached hydrogens (tertiary/aromatic N) is 2. The van der Waals surface area contributed by atoms with Gasteiger partial charge in [0.1, 0.15) is 0 Å². The lowest BCUT2D eigenvalue weighted by Crippen LogP contribution is -2.50. The molecule has 5 heteroatoms. The van der Waals surface area contributed by atoms with E-state index >= 15 is 0 Å². The highest BCUT2D eigenvalue weighted by Gasteiger charge is 2.26. The quantitative estimate of drug-likeness (QED) is 0.837. The molecular weight excluding hydrogens is 232 g/mol. The van der Waals surface area contributed by atoms with Crippen LogP contribution < -0.4 is 0 Å². The van der Waals surface area contributed by atoms with Gasteiger partial charge >= 0.3 is 12.0 Å². The lowest BCUT2D eigenvalue weighted by Gasteiger charge is -2.37. The topological polar surface area (TPSA) is 60.9 Å². The Morgan fingerprint density at radius 1 is 1.44 bits per heavy atom. The fraction of sp³-hybridized carbons (Fsp3) is 0.846. The molecule has 0 radical (unpaired) electrons. The Morgan fingerprint density at radius 3 is 2.61 bits per heavy atom. The Morgan fingerprint density at radius 2 is 2.11 bits per heavy atom. The van der Waals surface area contributed by atoms with Crippen molar-refractivity contribution in [3.8, 4) is 0 Å². The zero-order valence-electron chi connectivity index (χ0n) is 11.6. The second kappa shape index (κ2) is 6.61. The SMILES string of the molecule is CC1CCCN(C(=O)N(CCC(=O)O)C(C)C)C1. The van der Waals surface area contributed by atoms with Gasteiger partial charge in [-0.15, -0.1) is 0 Å². The van der Waals surface area contributed by atoms with Crippen molar-refractivity contribution in [3.05, 3.63) is 0 Å². The molecule has 1 saturated heterocycles. The molecule has 1 heterocycles. The molecule has 0 spiro atoms. The summed E-state index contributed by atoms with van der Waals surface area (Å²) >= 11 is 0. The van der Waals surface area contributed by atoms with Gasteiger partial charge in [-0.25, -0.2) is 4.79 Å². The van der Waals surface area contributed by atoms with Crippen LogP contribution in [0, 0.1) is 5.92 Å². The average Bonchev–Trinajstić information content (AvgIpc) is 2.28. The van der Waals surface area contributed by atoms with Gasteiger partial charge in [0.15, 0.2) is 0 Å². The first-order chi connectivity index (χ1) is 8.41. The zero-order chi connectivity index (χ0) is 13.7. The van der Waals surface area contributed by atoms with Crippen molar-refractivity contribution in [1.82, 2.24) is 9.80 Å². The summed E-state index contributed by atoms with van der Waals surface area (Å²) in [4.78, 5) is 26.5. The Kier molecular flexibility index (Phi) is 5.44. The molecule has 5 nitrogen and oxygen atoms in total. The van der Waals surface area contributed by atoms with Crippen molar-refractivity contribution in [2.24, 2.45) is 5.92 Å². The Labute approximate surface area is 109 Å². The zero-order valence-corrected chi connectivity index (χ0v) is 11.6. The van der Waals surface area contributed by atoms with E-state index in [4.69, 9.17) is 5.11 Å². The largest absolute Gasteiger partial charge is 0.481 e. The highest BCUT2D eigenvalue weighted by molar-refractivity contribution is 5.76. The minimum atomic E-state index is -0.861. The van der Waals surface area contributed by atoms with Gasteiger partial charge in [-0.2, -0.15) is 0 Å². The predicted octanol–water partition coefficient (Wildman–Crippen LogP) is 2.02. The van der Waals surface area contributed by atoms with Gasteiger partial charge in [0.2, 0.25) is 0 Å². The standard InChI is InChI=1S/C13H24N2O3/c1-10(2)15(8-6-12(16)17)13(18)14-7-4-5-11(3)9-14/h10-11H,4-9H2,1-3H3,(H,16,17). The molecule has 1 atom stereocenters. The van der Waals surface area contributed by atoms with Crippen molar-refractivity contribution < 1.29 is 14.7 Å². The van der Waals surface area contributed by atoms with Crippen molar-refractivity contribution in [2.75, 3.05) is 19.6 Å². The summed E-state index contributed by atoms with van der Waals surface area (Å²) in [6, 6.07) is 0.0203. The molecule has 2 amide bonds. The number of likely N-dealkylation sites (tertiary alicyclic amines) is 1. The summed E-state index contributed by atoms with van der Waals surface area (Å²) in [5.41, 5.74) is 0. The van der Waals surface area contributed by atoms with Crippen LogP contribution in [0.2, 0.25) is 0 Å². The van der Waals surface area contributed by atoms with Crippen LogP contribution in [0.25, 0.3) is 0 Å². The molecule has 1 N–H and O–H groups in total. The van der Waals surface area contributed by atoms with Crippen LogP contribution in [-0.2, 0) is 4.79 Å². The van der Waals surface area contributed by atoms with Gasteiger partial charge in [-0.05, 0) is 32.6 Å². The van der Waals surface area contributed by atoms with Crippen LogP contribution in [0.15, 0.2) is 0 Å². The molecule has 1 aliphatic rings. The third-order valence-electron chi connectivity index (χ3n) is 3.36. The monoisotopic (exact) mass is 256 g/mol. The van der Waals surface area contributed by atoms with E-state index in [0.717, 1.165) is 19.5 Å². The van der Waals surface area contributed by atoms with E-state index in [0.29, 0.717) is 5.92 Å². The number of piperidine rings is 1. The second-order valence-electron chi connectivity index (χ2n) is 5.41. The number of aliphatic carboxylic acids is 1. The normalized spacial score (nSPS) is 20.0. The molecule has 0 aromatic heterocycles. The predicted molar refractivity (Wildman–Crippen MR) is 69.5 cm³/mol. The average molecular weight is 256 g/mol. The number of carbonyl (C=O) groups is 2. The molecule has 0 bridgehead atoms. The molecule has 1 aliphatic heterocycles. The first kappa shape index (κ1) is 14.8. The van der Waals surface area contributed by atoms with Crippen LogP contribution in [0.3, 0.4) is 0 Å². The number of carbonyl (C=O) groups excluding carboxylic acids is 1. The minimum Gasteiger partial charge on any atom is -0.481 e. The highest BCUT2D eigenvalue weighted by Crippen LogP contribution is 2.18. The summed E-state index contributed by atoms with van der Waals surface area (Å²) in [5.74, 6) is -0.323. The Bertz CT molecular complexity index is 305. The van der Waals surface area contributed by atoms with Crippen molar-refractivity contribution in [1.29, 1.82) is 0 Å². The fourth-order valence-electron chi connectivity index (χ4n) is 2.34. The van der Waals surface area contributed by atoms with Crippen LogP contribution in [0.4, 0.5) is 4.79 Å². The lowest BCUT2D eigenvalue weighted by molar-refractivity contribution is -0.137. The van der Waals surface area contributed by atoms with Crippen LogP contribution in [0.5, 0.6) is 0 Å². The molecule has 0 aliphatic carbocycles. The van der Waals surface area contributed by atoms with Gasteiger partial charge < -0.3 is 14.9 Å². The molecule has 0 aromatic rings. The highest BCUT2D eigenvalue weighted by atomic mass is 16.4. The van der Waals surface area contributed by atoms with Crippen molar-refractivity contribution in [3.63, 3.8) is 0 Å². The first-order valence-electron chi connectivity index (χ1n) is 6.69. The van der Waals surface area contributed by atoms with Crippen LogP contribution in [-0.4, -0.2) is 52.6 Å². The number of rotatable bonds is 4. The number of hydrogen-bond donors (Lipinski definition) is 1. The third-order valence-corrected chi connectivity index (χ3v) is 3.36. The summed E-state index contributed by atoms with van der Waals surface area (Å²) in [5, 5.41) is 8.73. The molecule has 0 aromatic carbocycles. The summed E-state index contributed by atoms with van der Waals surface area (Å²) in [6.45, 7) is 7.86. The van der Waals surface area contributed by atoms with Crippen LogP contribution in [0.1, 0.15) is 40.0 Å². The Balaban J connectivity index is 2.60. The van der Waals surface area contributed by atoms with E-state index in [2.05, 4.69) is 6.92 Å². The third kappa shape index (κ3) is 4.20. The minimum absolute atomic E-state index is 0.00726. The second-order valence-corrected chi connectivity index (χ2v) is 5.41. The smallest absolute Gasteiger partial charge is 0.320 e. The van der Waals surface area contributed by atoms with Crippen LogP contribution >= 0.6 is 0 Å². The number of amides is 2. The van der Waals surface area contributed by atoms with Gasteiger partial charge in [0.05, 0.1) is 6.42 Å². The number of carboxylic acids is 1. The van der Waals surface area contributed by atoms with Crippen molar-refractivity contribution >= 4 is 12.0 Å². The molecule has 1 fully saturated rings. The fourth-order valence-corrected chi connectivity index (χ4v) is 2.34.